The Morgan fingerprint density at radius 3 is 2.53 bits per heavy atom. The maximum atomic E-state index is 11.8. The fourth-order valence-corrected chi connectivity index (χ4v) is 1.65. The molecule has 3 nitrogen and oxygen atoms in total. The molecule has 0 heterocycles. The highest BCUT2D eigenvalue weighted by Gasteiger charge is 2.10. The van der Waals surface area contributed by atoms with Crippen molar-refractivity contribution in [2.24, 2.45) is 0 Å². The summed E-state index contributed by atoms with van der Waals surface area (Å²) in [6.45, 7) is 1.89. The number of esters is 1. The first kappa shape index (κ1) is 12.9. The van der Waals surface area contributed by atoms with Gasteiger partial charge >= 0.3 is 5.97 Å². The van der Waals surface area contributed by atoms with Gasteiger partial charge < -0.3 is 9.84 Å². The van der Waals surface area contributed by atoms with Crippen LogP contribution in [0.5, 0.6) is 11.5 Å². The van der Waals surface area contributed by atoms with E-state index in [9.17, 15) is 9.90 Å². The van der Waals surface area contributed by atoms with Gasteiger partial charge in [-0.05, 0) is 36.8 Å². The topological polar surface area (TPSA) is 46.5 Å². The molecule has 96 valence electrons. The highest BCUT2D eigenvalue weighted by molar-refractivity contribution is 5.91. The van der Waals surface area contributed by atoms with E-state index in [-0.39, 0.29) is 11.5 Å². The molecule has 1 N–H and O–H groups in total. The predicted molar refractivity (Wildman–Crippen MR) is 74.2 cm³/mol. The number of rotatable bonds is 3. The molecule has 2 aromatic carbocycles. The van der Waals surface area contributed by atoms with Gasteiger partial charge in [-0.25, -0.2) is 4.79 Å². The summed E-state index contributed by atoms with van der Waals surface area (Å²) in [6, 6.07) is 13.5. The molecule has 0 radical (unpaired) electrons. The average molecular weight is 254 g/mol. The highest BCUT2D eigenvalue weighted by Crippen LogP contribution is 2.28. The quantitative estimate of drug-likeness (QED) is 0.671. The van der Waals surface area contributed by atoms with Crippen LogP contribution >= 0.6 is 0 Å². The van der Waals surface area contributed by atoms with Gasteiger partial charge in [-0.1, -0.05) is 36.4 Å². The van der Waals surface area contributed by atoms with E-state index in [2.05, 4.69) is 0 Å². The molecule has 3 heteroatoms. The molecule has 0 saturated carbocycles. The number of phenols is 1. The highest BCUT2D eigenvalue weighted by atomic mass is 16.5. The third-order valence-corrected chi connectivity index (χ3v) is 2.55. The molecule has 2 rings (SSSR count). The van der Waals surface area contributed by atoms with Crippen molar-refractivity contribution in [1.29, 1.82) is 0 Å². The van der Waals surface area contributed by atoms with Gasteiger partial charge in [-0.3, -0.25) is 0 Å². The minimum absolute atomic E-state index is 0.0557. The van der Waals surface area contributed by atoms with Crippen molar-refractivity contribution >= 4 is 12.0 Å². The zero-order valence-electron chi connectivity index (χ0n) is 10.5. The number of aromatic hydroxyl groups is 1. The van der Waals surface area contributed by atoms with Gasteiger partial charge in [0.2, 0.25) is 0 Å². The Bertz CT molecular complexity index is 601. The molecular weight excluding hydrogens is 240 g/mol. The number of hydrogen-bond acceptors (Lipinski definition) is 3. The third-order valence-electron chi connectivity index (χ3n) is 2.55. The van der Waals surface area contributed by atoms with E-state index >= 15 is 0 Å². The molecule has 0 aromatic heterocycles. The summed E-state index contributed by atoms with van der Waals surface area (Å²) < 4.78 is 5.15. The van der Waals surface area contributed by atoms with Gasteiger partial charge in [0.1, 0.15) is 0 Å². The van der Waals surface area contributed by atoms with Crippen LogP contribution in [0.1, 0.15) is 22.8 Å². The van der Waals surface area contributed by atoms with Gasteiger partial charge in [-0.15, -0.1) is 0 Å². The van der Waals surface area contributed by atoms with E-state index in [1.54, 1.807) is 42.5 Å². The molecule has 0 aliphatic carbocycles. The van der Waals surface area contributed by atoms with Crippen LogP contribution in [0, 0.1) is 0 Å². The van der Waals surface area contributed by atoms with Crippen LogP contribution in [0.4, 0.5) is 0 Å². The van der Waals surface area contributed by atoms with Crippen molar-refractivity contribution in [1.82, 2.24) is 0 Å². The zero-order valence-corrected chi connectivity index (χ0v) is 10.5. The van der Waals surface area contributed by atoms with Crippen molar-refractivity contribution in [3.63, 3.8) is 0 Å². The van der Waals surface area contributed by atoms with Crippen molar-refractivity contribution in [2.75, 3.05) is 0 Å². The van der Waals surface area contributed by atoms with Crippen molar-refractivity contribution < 1.29 is 14.6 Å². The Morgan fingerprint density at radius 2 is 1.89 bits per heavy atom. The van der Waals surface area contributed by atoms with Crippen LogP contribution in [-0.2, 0) is 0 Å². The van der Waals surface area contributed by atoms with Crippen LogP contribution in [-0.4, -0.2) is 11.1 Å². The van der Waals surface area contributed by atoms with Crippen molar-refractivity contribution in [3.8, 4) is 11.5 Å². The fraction of sp³-hybridized carbons (Fsp3) is 0.0625. The number of phenolic OH excluding ortho intramolecular Hbond substituents is 1. The summed E-state index contributed by atoms with van der Waals surface area (Å²) in [6.07, 6.45) is 3.72. The third kappa shape index (κ3) is 3.22. The summed E-state index contributed by atoms with van der Waals surface area (Å²) in [5, 5.41) is 9.80. The van der Waals surface area contributed by atoms with Gasteiger partial charge in [-0.2, -0.15) is 0 Å². The number of allylic oxidation sites excluding steroid dienone is 1. The van der Waals surface area contributed by atoms with E-state index < -0.39 is 5.97 Å². The van der Waals surface area contributed by atoms with Crippen molar-refractivity contribution in [3.05, 3.63) is 65.7 Å². The lowest BCUT2D eigenvalue weighted by Crippen LogP contribution is -2.08. The maximum absolute atomic E-state index is 11.8. The first-order valence-electron chi connectivity index (χ1n) is 5.93. The second kappa shape index (κ2) is 5.87. The Hall–Kier alpha value is -2.55. The molecule has 0 amide bonds. The number of hydrogen-bond donors (Lipinski definition) is 1. The molecule has 2 aromatic rings. The maximum Gasteiger partial charge on any atom is 0.343 e. The van der Waals surface area contributed by atoms with E-state index in [1.807, 2.05) is 25.1 Å². The summed E-state index contributed by atoms with van der Waals surface area (Å²) in [4.78, 5) is 11.8. The number of ether oxygens (including phenoxy) is 1. The average Bonchev–Trinajstić information content (AvgIpc) is 2.43. The van der Waals surface area contributed by atoms with Gasteiger partial charge in [0.05, 0.1) is 5.56 Å². The Morgan fingerprint density at radius 1 is 1.16 bits per heavy atom. The Labute approximate surface area is 111 Å². The first-order valence-corrected chi connectivity index (χ1v) is 5.93. The van der Waals surface area contributed by atoms with Crippen LogP contribution in [0.15, 0.2) is 54.6 Å². The van der Waals surface area contributed by atoms with E-state index in [4.69, 9.17) is 4.74 Å². The summed E-state index contributed by atoms with van der Waals surface area (Å²) in [7, 11) is 0. The molecule has 0 bridgehead atoms. The second-order valence-corrected chi connectivity index (χ2v) is 3.98. The van der Waals surface area contributed by atoms with Gasteiger partial charge in [0.25, 0.3) is 0 Å². The summed E-state index contributed by atoms with van der Waals surface area (Å²) >= 11 is 0. The van der Waals surface area contributed by atoms with Crippen LogP contribution < -0.4 is 4.74 Å². The fourth-order valence-electron chi connectivity index (χ4n) is 1.65. The molecule has 0 saturated heterocycles. The SMILES string of the molecule is CC=Cc1ccc(OC(=O)c2ccccc2)c(O)c1. The van der Waals surface area contributed by atoms with Crippen LogP contribution in [0.25, 0.3) is 6.08 Å². The van der Waals surface area contributed by atoms with Crippen molar-refractivity contribution in [2.45, 2.75) is 6.92 Å². The predicted octanol–water partition coefficient (Wildman–Crippen LogP) is 3.64. The summed E-state index contributed by atoms with van der Waals surface area (Å²) in [5.41, 5.74) is 1.29. The zero-order chi connectivity index (χ0) is 13.7. The minimum Gasteiger partial charge on any atom is -0.504 e. The largest absolute Gasteiger partial charge is 0.504 e. The Balaban J connectivity index is 2.18. The molecule has 0 aliphatic rings. The van der Waals surface area contributed by atoms with E-state index in [0.29, 0.717) is 5.56 Å². The number of carbonyl (C=O) groups is 1. The Kier molecular flexibility index (Phi) is 3.98. The summed E-state index contributed by atoms with van der Waals surface area (Å²) in [5.74, 6) is -0.392. The molecule has 0 fully saturated rings. The van der Waals surface area contributed by atoms with Crippen LogP contribution in [0.2, 0.25) is 0 Å². The monoisotopic (exact) mass is 254 g/mol. The lowest BCUT2D eigenvalue weighted by atomic mass is 10.2. The minimum atomic E-state index is -0.491. The molecule has 0 spiro atoms. The first-order chi connectivity index (χ1) is 9.20. The van der Waals surface area contributed by atoms with Gasteiger partial charge in [0, 0.05) is 0 Å². The second-order valence-electron chi connectivity index (χ2n) is 3.98. The van der Waals surface area contributed by atoms with Crippen LogP contribution in [0.3, 0.4) is 0 Å². The lowest BCUT2D eigenvalue weighted by molar-refractivity contribution is 0.0729. The molecular formula is C16H14O3. The standard InChI is InChI=1S/C16H14O3/c1-2-6-12-9-10-15(14(17)11-12)19-16(18)13-7-4-3-5-8-13/h2-11,17H,1H3. The van der Waals surface area contributed by atoms with E-state index in [1.165, 1.54) is 0 Å². The number of carbonyl (C=O) groups excluding carboxylic acids is 1. The molecule has 0 atom stereocenters. The molecule has 19 heavy (non-hydrogen) atoms. The smallest absolute Gasteiger partial charge is 0.343 e. The lowest BCUT2D eigenvalue weighted by Gasteiger charge is -2.07. The number of benzene rings is 2. The molecule has 0 unspecified atom stereocenters. The van der Waals surface area contributed by atoms with E-state index in [0.717, 1.165) is 5.56 Å². The van der Waals surface area contributed by atoms with Gasteiger partial charge in [0.15, 0.2) is 11.5 Å². The normalized spacial score (nSPS) is 10.6. The molecule has 0 aliphatic heterocycles.